The Kier molecular flexibility index (Phi) is 4.03. The molecule has 0 radical (unpaired) electrons. The number of nitrogens with zero attached hydrogens (tertiary/aromatic N) is 3. The highest BCUT2D eigenvalue weighted by atomic mass is 16.1. The average molecular weight is 359 g/mol. The van der Waals surface area contributed by atoms with E-state index in [9.17, 15) is 4.79 Å². The highest BCUT2D eigenvalue weighted by Crippen LogP contribution is 2.23. The summed E-state index contributed by atoms with van der Waals surface area (Å²) in [6, 6.07) is 13.8. The molecule has 4 rings (SSSR count). The number of anilines is 1. The van der Waals surface area contributed by atoms with Crippen LogP contribution >= 0.6 is 0 Å². The number of amides is 1. The van der Waals surface area contributed by atoms with Gasteiger partial charge in [0.1, 0.15) is 5.82 Å². The van der Waals surface area contributed by atoms with Gasteiger partial charge < -0.3 is 10.3 Å². The molecule has 0 bridgehead atoms. The molecule has 4 aromatic rings. The molecule has 27 heavy (non-hydrogen) atoms. The first-order valence-electron chi connectivity index (χ1n) is 8.81. The second-order valence-electron chi connectivity index (χ2n) is 6.81. The fourth-order valence-corrected chi connectivity index (χ4v) is 3.27. The van der Waals surface area contributed by atoms with E-state index in [4.69, 9.17) is 0 Å². The van der Waals surface area contributed by atoms with Crippen molar-refractivity contribution >= 4 is 22.6 Å². The second-order valence-corrected chi connectivity index (χ2v) is 6.81. The largest absolute Gasteiger partial charge is 0.338 e. The number of imidazole rings is 1. The maximum absolute atomic E-state index is 12.6. The average Bonchev–Trinajstić information content (AvgIpc) is 3.15. The fraction of sp³-hybridized carbons (Fsp3) is 0.190. The summed E-state index contributed by atoms with van der Waals surface area (Å²) in [6.45, 7) is 5.79. The van der Waals surface area contributed by atoms with E-state index in [1.54, 1.807) is 4.68 Å². The smallest absolute Gasteiger partial charge is 0.259 e. The number of hydrogen-bond donors (Lipinski definition) is 2. The molecule has 136 valence electrons. The first kappa shape index (κ1) is 17.0. The van der Waals surface area contributed by atoms with Crippen molar-refractivity contribution in [3.8, 4) is 11.4 Å². The monoisotopic (exact) mass is 359 g/mol. The Bertz CT molecular complexity index is 1150. The molecular formula is C21H21N5O. The zero-order chi connectivity index (χ0) is 19.1. The van der Waals surface area contributed by atoms with E-state index in [0.29, 0.717) is 5.56 Å². The van der Waals surface area contributed by atoms with Crippen molar-refractivity contribution in [2.45, 2.75) is 20.8 Å². The van der Waals surface area contributed by atoms with Gasteiger partial charge in [0, 0.05) is 24.0 Å². The van der Waals surface area contributed by atoms with Crippen molar-refractivity contribution in [3.05, 3.63) is 65.0 Å². The van der Waals surface area contributed by atoms with E-state index in [1.807, 2.05) is 57.3 Å². The Morgan fingerprint density at radius 2 is 1.81 bits per heavy atom. The lowest BCUT2D eigenvalue weighted by Crippen LogP contribution is -2.14. The van der Waals surface area contributed by atoms with Crippen LogP contribution in [0.25, 0.3) is 22.4 Å². The van der Waals surface area contributed by atoms with Gasteiger partial charge in [0.15, 0.2) is 0 Å². The number of aromatic nitrogens is 4. The minimum absolute atomic E-state index is 0.148. The maximum atomic E-state index is 12.6. The third kappa shape index (κ3) is 3.10. The van der Waals surface area contributed by atoms with Crippen LogP contribution in [0, 0.1) is 20.8 Å². The molecule has 0 aliphatic heterocycles. The summed E-state index contributed by atoms with van der Waals surface area (Å²) in [5.41, 5.74) is 7.04. The van der Waals surface area contributed by atoms with Crippen molar-refractivity contribution in [2.75, 3.05) is 5.32 Å². The summed E-state index contributed by atoms with van der Waals surface area (Å²) < 4.78 is 1.72. The molecule has 1 amide bonds. The Balaban J connectivity index is 1.57. The van der Waals surface area contributed by atoms with Gasteiger partial charge in [0.2, 0.25) is 0 Å². The van der Waals surface area contributed by atoms with Crippen LogP contribution in [-0.2, 0) is 7.05 Å². The molecule has 0 unspecified atom stereocenters. The number of carbonyl (C=O) groups is 1. The van der Waals surface area contributed by atoms with Gasteiger partial charge in [0.05, 0.1) is 22.3 Å². The minimum atomic E-state index is -0.148. The van der Waals surface area contributed by atoms with Crippen molar-refractivity contribution < 1.29 is 4.79 Å². The molecule has 0 fully saturated rings. The Hall–Kier alpha value is -3.41. The number of carbonyl (C=O) groups excluding carboxylic acids is 1. The van der Waals surface area contributed by atoms with Crippen LogP contribution in [0.3, 0.4) is 0 Å². The molecule has 0 aliphatic carbocycles. The molecule has 2 aromatic heterocycles. The predicted molar refractivity (Wildman–Crippen MR) is 107 cm³/mol. The Labute approximate surface area is 157 Å². The lowest BCUT2D eigenvalue weighted by Gasteiger charge is -2.06. The number of aryl methyl sites for hydroxylation is 3. The lowest BCUT2D eigenvalue weighted by atomic mass is 10.1. The molecule has 0 saturated heterocycles. The highest BCUT2D eigenvalue weighted by molar-refractivity contribution is 6.05. The quantitative estimate of drug-likeness (QED) is 0.577. The fourth-order valence-electron chi connectivity index (χ4n) is 3.27. The Morgan fingerprint density at radius 1 is 1.07 bits per heavy atom. The number of fused-ring (bicyclic) bond motifs is 1. The van der Waals surface area contributed by atoms with E-state index in [-0.39, 0.29) is 5.91 Å². The molecule has 0 aliphatic rings. The van der Waals surface area contributed by atoms with Crippen LogP contribution in [0.5, 0.6) is 0 Å². The van der Waals surface area contributed by atoms with Crippen LogP contribution in [0.1, 0.15) is 27.3 Å². The van der Waals surface area contributed by atoms with Crippen molar-refractivity contribution in [1.82, 2.24) is 19.7 Å². The third-order valence-electron chi connectivity index (χ3n) is 4.79. The first-order chi connectivity index (χ1) is 12.9. The minimum Gasteiger partial charge on any atom is -0.338 e. The SMILES string of the molecule is Cc1ccc2nc(-c3ccc(NC(=O)c4c(C)nn(C)c4C)cc3)[nH]c2c1. The van der Waals surface area contributed by atoms with Crippen LogP contribution in [-0.4, -0.2) is 25.7 Å². The molecule has 2 heterocycles. The van der Waals surface area contributed by atoms with Crippen molar-refractivity contribution in [3.63, 3.8) is 0 Å². The highest BCUT2D eigenvalue weighted by Gasteiger charge is 2.17. The van der Waals surface area contributed by atoms with Gasteiger partial charge in [0.25, 0.3) is 5.91 Å². The summed E-state index contributed by atoms with van der Waals surface area (Å²) in [5.74, 6) is 0.664. The number of hydrogen-bond acceptors (Lipinski definition) is 3. The molecule has 0 spiro atoms. The molecule has 0 saturated carbocycles. The van der Waals surface area contributed by atoms with Gasteiger partial charge in [-0.3, -0.25) is 9.48 Å². The lowest BCUT2D eigenvalue weighted by molar-refractivity contribution is 0.102. The van der Waals surface area contributed by atoms with Crippen molar-refractivity contribution in [1.29, 1.82) is 0 Å². The number of benzene rings is 2. The second kappa shape index (κ2) is 6.39. The zero-order valence-electron chi connectivity index (χ0n) is 15.8. The molecule has 0 atom stereocenters. The molecular weight excluding hydrogens is 338 g/mol. The van der Waals surface area contributed by atoms with Crippen LogP contribution in [0.15, 0.2) is 42.5 Å². The van der Waals surface area contributed by atoms with Crippen LogP contribution < -0.4 is 5.32 Å². The summed E-state index contributed by atoms with van der Waals surface area (Å²) >= 11 is 0. The summed E-state index contributed by atoms with van der Waals surface area (Å²) in [7, 11) is 1.84. The van der Waals surface area contributed by atoms with E-state index in [2.05, 4.69) is 33.4 Å². The van der Waals surface area contributed by atoms with Gasteiger partial charge in [-0.2, -0.15) is 5.10 Å². The third-order valence-corrected chi connectivity index (χ3v) is 4.79. The number of nitrogens with one attached hydrogen (secondary N) is 2. The summed E-state index contributed by atoms with van der Waals surface area (Å²) in [4.78, 5) is 20.6. The normalized spacial score (nSPS) is 11.1. The Morgan fingerprint density at radius 3 is 2.48 bits per heavy atom. The van der Waals surface area contributed by atoms with Crippen LogP contribution in [0.2, 0.25) is 0 Å². The number of aromatic amines is 1. The topological polar surface area (TPSA) is 75.6 Å². The van der Waals surface area contributed by atoms with Gasteiger partial charge in [-0.05, 0) is 62.7 Å². The van der Waals surface area contributed by atoms with Gasteiger partial charge in [-0.25, -0.2) is 4.98 Å². The van der Waals surface area contributed by atoms with Gasteiger partial charge >= 0.3 is 0 Å². The van der Waals surface area contributed by atoms with Gasteiger partial charge in [-0.1, -0.05) is 6.07 Å². The van der Waals surface area contributed by atoms with E-state index < -0.39 is 0 Å². The van der Waals surface area contributed by atoms with E-state index in [0.717, 1.165) is 39.5 Å². The predicted octanol–water partition coefficient (Wildman–Crippen LogP) is 4.14. The molecule has 6 heteroatoms. The maximum Gasteiger partial charge on any atom is 0.259 e. The molecule has 2 N–H and O–H groups in total. The first-order valence-corrected chi connectivity index (χ1v) is 8.81. The number of rotatable bonds is 3. The zero-order valence-corrected chi connectivity index (χ0v) is 15.8. The van der Waals surface area contributed by atoms with Crippen molar-refractivity contribution in [2.24, 2.45) is 7.05 Å². The summed E-state index contributed by atoms with van der Waals surface area (Å²) in [5, 5.41) is 7.24. The van der Waals surface area contributed by atoms with Gasteiger partial charge in [-0.15, -0.1) is 0 Å². The molecule has 2 aromatic carbocycles. The van der Waals surface area contributed by atoms with E-state index in [1.165, 1.54) is 5.56 Å². The standard InChI is InChI=1S/C21H21N5O/c1-12-5-10-17-18(11-12)24-20(23-17)15-6-8-16(9-7-15)22-21(27)19-13(2)25-26(4)14(19)3/h5-11H,1-4H3,(H,22,27)(H,23,24). The molecule has 6 nitrogen and oxygen atoms in total. The van der Waals surface area contributed by atoms with Crippen LogP contribution in [0.4, 0.5) is 5.69 Å². The summed E-state index contributed by atoms with van der Waals surface area (Å²) in [6.07, 6.45) is 0. The number of H-pyrrole nitrogens is 1. The van der Waals surface area contributed by atoms with E-state index >= 15 is 0 Å².